The molecule has 0 aromatic carbocycles. The SMILES string of the molecule is Cn1nc(N2CCC(NC(=O)c3ccc[nH]c3=O)C2)ccc1=O. The first-order chi connectivity index (χ1) is 11.0. The number of aryl methyl sites for hydroxylation is 1. The second-order valence-corrected chi connectivity index (χ2v) is 5.47. The lowest BCUT2D eigenvalue weighted by atomic mass is 10.2. The van der Waals surface area contributed by atoms with Crippen molar-refractivity contribution in [2.45, 2.75) is 12.5 Å². The van der Waals surface area contributed by atoms with Crippen molar-refractivity contribution in [1.82, 2.24) is 20.1 Å². The molecule has 3 rings (SSSR count). The molecule has 8 heteroatoms. The summed E-state index contributed by atoms with van der Waals surface area (Å²) in [5.74, 6) is 0.313. The minimum atomic E-state index is -0.403. The molecular formula is C15H17N5O3. The Hall–Kier alpha value is -2.90. The van der Waals surface area contributed by atoms with Gasteiger partial charge in [0.1, 0.15) is 11.4 Å². The Bertz CT molecular complexity index is 841. The molecule has 8 nitrogen and oxygen atoms in total. The molecule has 1 atom stereocenters. The van der Waals surface area contributed by atoms with Crippen molar-refractivity contribution in [2.24, 2.45) is 7.05 Å². The highest BCUT2D eigenvalue weighted by atomic mass is 16.2. The average molecular weight is 315 g/mol. The Morgan fingerprint density at radius 1 is 1.35 bits per heavy atom. The number of pyridine rings is 1. The maximum atomic E-state index is 12.2. The van der Waals surface area contributed by atoms with Gasteiger partial charge >= 0.3 is 0 Å². The van der Waals surface area contributed by atoms with Crippen molar-refractivity contribution < 1.29 is 4.79 Å². The fourth-order valence-electron chi connectivity index (χ4n) is 2.61. The number of anilines is 1. The summed E-state index contributed by atoms with van der Waals surface area (Å²) in [4.78, 5) is 39.6. The molecule has 1 unspecified atom stereocenters. The summed E-state index contributed by atoms with van der Waals surface area (Å²) in [5.41, 5.74) is -0.466. The third-order valence-electron chi connectivity index (χ3n) is 3.86. The Morgan fingerprint density at radius 3 is 2.91 bits per heavy atom. The van der Waals surface area contributed by atoms with Gasteiger partial charge in [-0.1, -0.05) is 0 Å². The zero-order valence-electron chi connectivity index (χ0n) is 12.7. The molecule has 120 valence electrons. The first-order valence-corrected chi connectivity index (χ1v) is 7.32. The van der Waals surface area contributed by atoms with Gasteiger partial charge in [-0.15, -0.1) is 0 Å². The first kappa shape index (κ1) is 15.0. The second kappa shape index (κ2) is 6.07. The van der Waals surface area contributed by atoms with E-state index in [4.69, 9.17) is 0 Å². The summed E-state index contributed by atoms with van der Waals surface area (Å²) in [6.45, 7) is 1.31. The molecular weight excluding hydrogens is 298 g/mol. The summed E-state index contributed by atoms with van der Waals surface area (Å²) >= 11 is 0. The Balaban J connectivity index is 1.67. The van der Waals surface area contributed by atoms with E-state index in [1.165, 1.54) is 23.0 Å². The molecule has 0 saturated carbocycles. The smallest absolute Gasteiger partial charge is 0.266 e. The molecule has 0 aliphatic carbocycles. The number of aromatic amines is 1. The van der Waals surface area contributed by atoms with Crippen molar-refractivity contribution in [3.63, 3.8) is 0 Å². The van der Waals surface area contributed by atoms with Crippen LogP contribution in [0, 0.1) is 0 Å². The minimum Gasteiger partial charge on any atom is -0.353 e. The number of rotatable bonds is 3. The summed E-state index contributed by atoms with van der Waals surface area (Å²) in [6.07, 6.45) is 2.24. The van der Waals surface area contributed by atoms with E-state index in [-0.39, 0.29) is 23.1 Å². The highest BCUT2D eigenvalue weighted by Crippen LogP contribution is 2.16. The van der Waals surface area contributed by atoms with Gasteiger partial charge in [0.15, 0.2) is 0 Å². The number of carbonyl (C=O) groups excluding carboxylic acids is 1. The highest BCUT2D eigenvalue weighted by molar-refractivity contribution is 5.94. The normalized spacial score (nSPS) is 17.3. The predicted molar refractivity (Wildman–Crippen MR) is 84.6 cm³/mol. The average Bonchev–Trinajstić information content (AvgIpc) is 2.99. The topological polar surface area (TPSA) is 100 Å². The van der Waals surface area contributed by atoms with Crippen molar-refractivity contribution in [1.29, 1.82) is 0 Å². The first-order valence-electron chi connectivity index (χ1n) is 7.32. The lowest BCUT2D eigenvalue weighted by Crippen LogP contribution is -2.39. The van der Waals surface area contributed by atoms with E-state index in [9.17, 15) is 14.4 Å². The number of nitrogens with one attached hydrogen (secondary N) is 2. The van der Waals surface area contributed by atoms with Crippen molar-refractivity contribution in [2.75, 3.05) is 18.0 Å². The monoisotopic (exact) mass is 315 g/mol. The molecule has 3 heterocycles. The van der Waals surface area contributed by atoms with Crippen LogP contribution in [0.2, 0.25) is 0 Å². The number of nitrogens with zero attached hydrogens (tertiary/aromatic N) is 3. The molecule has 2 aromatic rings. The van der Waals surface area contributed by atoms with Crippen LogP contribution >= 0.6 is 0 Å². The van der Waals surface area contributed by atoms with Gasteiger partial charge in [0.05, 0.1) is 0 Å². The predicted octanol–water partition coefficient (Wildman–Crippen LogP) is -0.523. The van der Waals surface area contributed by atoms with E-state index in [2.05, 4.69) is 15.4 Å². The van der Waals surface area contributed by atoms with Gasteiger partial charge in [0.2, 0.25) is 0 Å². The molecule has 1 aliphatic heterocycles. The van der Waals surface area contributed by atoms with Gasteiger partial charge in [0.25, 0.3) is 17.0 Å². The molecule has 2 aromatic heterocycles. The van der Waals surface area contributed by atoms with Crippen LogP contribution in [0.15, 0.2) is 40.1 Å². The molecule has 0 bridgehead atoms. The molecule has 0 radical (unpaired) electrons. The third kappa shape index (κ3) is 3.15. The summed E-state index contributed by atoms with van der Waals surface area (Å²) < 4.78 is 1.28. The van der Waals surface area contributed by atoms with Gasteiger partial charge < -0.3 is 15.2 Å². The van der Waals surface area contributed by atoms with Gasteiger partial charge in [-0.3, -0.25) is 14.4 Å². The van der Waals surface area contributed by atoms with E-state index in [1.54, 1.807) is 19.2 Å². The molecule has 1 saturated heterocycles. The van der Waals surface area contributed by atoms with E-state index in [1.807, 2.05) is 4.90 Å². The van der Waals surface area contributed by atoms with E-state index < -0.39 is 5.56 Å². The zero-order chi connectivity index (χ0) is 16.4. The van der Waals surface area contributed by atoms with Gasteiger partial charge in [-0.05, 0) is 24.6 Å². The number of hydrogen-bond donors (Lipinski definition) is 2. The fourth-order valence-corrected chi connectivity index (χ4v) is 2.61. The maximum Gasteiger partial charge on any atom is 0.266 e. The van der Waals surface area contributed by atoms with Crippen LogP contribution in [0.5, 0.6) is 0 Å². The lowest BCUT2D eigenvalue weighted by Gasteiger charge is -2.18. The van der Waals surface area contributed by atoms with E-state index in [0.29, 0.717) is 12.4 Å². The van der Waals surface area contributed by atoms with Gasteiger partial charge in [-0.25, -0.2) is 4.68 Å². The van der Waals surface area contributed by atoms with E-state index in [0.717, 1.165) is 13.0 Å². The van der Waals surface area contributed by atoms with Crippen LogP contribution in [0.3, 0.4) is 0 Å². The van der Waals surface area contributed by atoms with Crippen molar-refractivity contribution in [3.05, 3.63) is 56.7 Å². The molecule has 1 aliphatic rings. The standard InChI is InChI=1S/C15H17N5O3/c1-19-13(21)5-4-12(18-19)20-8-6-10(9-20)17-15(23)11-3-2-7-16-14(11)22/h2-5,7,10H,6,8-9H2,1H3,(H,16,22)(H,17,23). The van der Waals surface area contributed by atoms with E-state index >= 15 is 0 Å². The molecule has 1 fully saturated rings. The number of hydrogen-bond acceptors (Lipinski definition) is 5. The lowest BCUT2D eigenvalue weighted by molar-refractivity contribution is 0.0939. The maximum absolute atomic E-state index is 12.2. The van der Waals surface area contributed by atoms with Gasteiger partial charge in [-0.2, -0.15) is 5.10 Å². The second-order valence-electron chi connectivity index (χ2n) is 5.47. The summed E-state index contributed by atoms with van der Waals surface area (Å²) in [6, 6.07) is 6.19. The Morgan fingerprint density at radius 2 is 2.17 bits per heavy atom. The van der Waals surface area contributed by atoms with Crippen LogP contribution in [0.1, 0.15) is 16.8 Å². The quantitative estimate of drug-likeness (QED) is 0.794. The van der Waals surface area contributed by atoms with Crippen LogP contribution < -0.4 is 21.3 Å². The summed E-state index contributed by atoms with van der Waals surface area (Å²) in [5, 5.41) is 7.07. The summed E-state index contributed by atoms with van der Waals surface area (Å²) in [7, 11) is 1.60. The zero-order valence-corrected chi connectivity index (χ0v) is 12.7. The van der Waals surface area contributed by atoms with Crippen LogP contribution in [-0.4, -0.2) is 39.8 Å². The highest BCUT2D eigenvalue weighted by Gasteiger charge is 2.26. The third-order valence-corrected chi connectivity index (χ3v) is 3.86. The molecule has 2 N–H and O–H groups in total. The Labute approximate surface area is 131 Å². The number of aromatic nitrogens is 3. The number of carbonyl (C=O) groups is 1. The van der Waals surface area contributed by atoms with Crippen molar-refractivity contribution >= 4 is 11.7 Å². The van der Waals surface area contributed by atoms with Crippen LogP contribution in [-0.2, 0) is 7.05 Å². The van der Waals surface area contributed by atoms with Crippen LogP contribution in [0.25, 0.3) is 0 Å². The molecule has 1 amide bonds. The molecule has 23 heavy (non-hydrogen) atoms. The van der Waals surface area contributed by atoms with Crippen molar-refractivity contribution in [3.8, 4) is 0 Å². The minimum absolute atomic E-state index is 0.0684. The number of H-pyrrole nitrogens is 1. The van der Waals surface area contributed by atoms with Crippen LogP contribution in [0.4, 0.5) is 5.82 Å². The number of amides is 1. The van der Waals surface area contributed by atoms with Gasteiger partial charge in [0, 0.05) is 38.4 Å². The largest absolute Gasteiger partial charge is 0.353 e. The fraction of sp³-hybridized carbons (Fsp3) is 0.333. The molecule has 0 spiro atoms. The Kier molecular flexibility index (Phi) is 3.96.